The largest absolute Gasteiger partial charge is 0.462 e. The van der Waals surface area contributed by atoms with Gasteiger partial charge in [-0.3, -0.25) is 9.69 Å². The lowest BCUT2D eigenvalue weighted by molar-refractivity contribution is -0.124. The highest BCUT2D eigenvalue weighted by atomic mass is 16.5. The number of hydrogen-bond donors (Lipinski definition) is 0. The van der Waals surface area contributed by atoms with Crippen LogP contribution >= 0.6 is 0 Å². The molecular weight excluding hydrogens is 486 g/mol. The molecule has 0 spiro atoms. The van der Waals surface area contributed by atoms with Gasteiger partial charge in [-0.25, -0.2) is 9.48 Å². The lowest BCUT2D eigenvalue weighted by atomic mass is 9.82. The third-order valence-corrected chi connectivity index (χ3v) is 8.64. The van der Waals surface area contributed by atoms with Crippen LogP contribution in [-0.4, -0.2) is 34.3 Å². The zero-order valence-electron chi connectivity index (χ0n) is 23.8. The fourth-order valence-electron chi connectivity index (χ4n) is 6.34. The first-order valence-corrected chi connectivity index (χ1v) is 14.5. The van der Waals surface area contributed by atoms with Crippen molar-refractivity contribution in [3.63, 3.8) is 0 Å². The van der Waals surface area contributed by atoms with Crippen molar-refractivity contribution in [2.75, 3.05) is 11.5 Å². The van der Waals surface area contributed by atoms with Crippen molar-refractivity contribution in [1.82, 2.24) is 9.78 Å². The molecule has 0 bridgehead atoms. The minimum absolute atomic E-state index is 0.0406. The van der Waals surface area contributed by atoms with E-state index in [9.17, 15) is 9.59 Å². The van der Waals surface area contributed by atoms with E-state index < -0.39 is 5.97 Å². The molecule has 2 saturated carbocycles. The van der Waals surface area contributed by atoms with Gasteiger partial charge in [-0.2, -0.15) is 0 Å². The van der Waals surface area contributed by atoms with Crippen molar-refractivity contribution < 1.29 is 14.3 Å². The quantitative estimate of drug-likeness (QED) is 0.292. The average Bonchev–Trinajstić information content (AvgIpc) is 3.41. The second kappa shape index (κ2) is 11.4. The maximum Gasteiger partial charge on any atom is 0.343 e. The van der Waals surface area contributed by atoms with Gasteiger partial charge in [0.15, 0.2) is 5.82 Å². The van der Waals surface area contributed by atoms with Crippen molar-refractivity contribution in [3.05, 3.63) is 77.5 Å². The fraction of sp³-hybridized carbons (Fsp3) is 0.485. The van der Waals surface area contributed by atoms with Crippen molar-refractivity contribution in [3.8, 4) is 5.69 Å². The molecule has 1 heterocycles. The summed E-state index contributed by atoms with van der Waals surface area (Å²) < 4.78 is 7.09. The Morgan fingerprint density at radius 1 is 0.949 bits per heavy atom. The lowest BCUT2D eigenvalue weighted by Crippen LogP contribution is -2.43. The second-order valence-electron chi connectivity index (χ2n) is 11.7. The van der Waals surface area contributed by atoms with Gasteiger partial charge in [-0.1, -0.05) is 56.3 Å². The summed E-state index contributed by atoms with van der Waals surface area (Å²) in [6.07, 6.45) is 5.57. The Kier molecular flexibility index (Phi) is 7.92. The van der Waals surface area contributed by atoms with Crippen LogP contribution in [0.5, 0.6) is 0 Å². The van der Waals surface area contributed by atoms with E-state index in [1.165, 1.54) is 11.1 Å². The summed E-state index contributed by atoms with van der Waals surface area (Å²) in [5, 5.41) is 4.82. The van der Waals surface area contributed by atoms with Crippen LogP contribution in [-0.2, 0) is 9.53 Å². The number of carbonyl (C=O) groups is 2. The van der Waals surface area contributed by atoms with Crippen LogP contribution in [0.25, 0.3) is 5.69 Å². The Labute approximate surface area is 232 Å². The summed E-state index contributed by atoms with van der Waals surface area (Å²) in [6.45, 7) is 10.6. The van der Waals surface area contributed by atoms with Crippen LogP contribution in [0.1, 0.15) is 93.6 Å². The maximum absolute atomic E-state index is 13.8. The summed E-state index contributed by atoms with van der Waals surface area (Å²) in [6, 6.07) is 19.0. The molecule has 2 aliphatic carbocycles. The number of anilines is 1. The molecule has 2 aromatic carbocycles. The van der Waals surface area contributed by atoms with E-state index in [1.54, 1.807) is 22.7 Å². The Balaban J connectivity index is 1.43. The van der Waals surface area contributed by atoms with Crippen LogP contribution in [0.2, 0.25) is 0 Å². The highest BCUT2D eigenvalue weighted by Gasteiger charge is 2.48. The van der Waals surface area contributed by atoms with Gasteiger partial charge in [0, 0.05) is 18.2 Å². The standard InChI is InChI=1S/C33H41N3O3/c1-6-39-33(38)28-20-35(34-31(28)36(21(2)3)32(37)26-14-12-22(4)13-15-26)27-18-16-25(17-19-27)30-23(5)29(30)24-10-8-7-9-11-24/h7-11,16-23,26,29-30H,6,12-15H2,1-5H3. The highest BCUT2D eigenvalue weighted by Crippen LogP contribution is 2.60. The number of carbonyl (C=O) groups excluding carboxylic acids is 2. The number of aromatic nitrogens is 2. The molecule has 1 amide bonds. The molecule has 0 aliphatic heterocycles. The average molecular weight is 528 g/mol. The van der Waals surface area contributed by atoms with Gasteiger partial charge in [0.25, 0.3) is 0 Å². The van der Waals surface area contributed by atoms with Gasteiger partial charge in [0.2, 0.25) is 5.91 Å². The molecule has 0 radical (unpaired) electrons. The highest BCUT2D eigenvalue weighted by molar-refractivity contribution is 6.02. The lowest BCUT2D eigenvalue weighted by Gasteiger charge is -2.32. The minimum Gasteiger partial charge on any atom is -0.462 e. The van der Waals surface area contributed by atoms with Gasteiger partial charge in [0.05, 0.1) is 12.3 Å². The summed E-state index contributed by atoms with van der Waals surface area (Å²) in [5.74, 6) is 2.23. The molecule has 0 N–H and O–H groups in total. The molecule has 3 unspecified atom stereocenters. The topological polar surface area (TPSA) is 64.4 Å². The number of amides is 1. The zero-order chi connectivity index (χ0) is 27.7. The first kappa shape index (κ1) is 27.2. The summed E-state index contributed by atoms with van der Waals surface area (Å²) in [5.41, 5.74) is 3.87. The maximum atomic E-state index is 13.8. The smallest absolute Gasteiger partial charge is 0.343 e. The van der Waals surface area contributed by atoms with Crippen molar-refractivity contribution in [2.45, 2.75) is 78.2 Å². The molecule has 6 heteroatoms. The third kappa shape index (κ3) is 5.52. The van der Waals surface area contributed by atoms with Crippen LogP contribution in [0, 0.1) is 17.8 Å². The molecule has 0 saturated heterocycles. The molecule has 39 heavy (non-hydrogen) atoms. The van der Waals surface area contributed by atoms with Gasteiger partial charge in [-0.15, -0.1) is 5.10 Å². The first-order chi connectivity index (χ1) is 18.8. The predicted octanol–water partition coefficient (Wildman–Crippen LogP) is 7.13. The van der Waals surface area contributed by atoms with E-state index in [2.05, 4.69) is 68.4 Å². The van der Waals surface area contributed by atoms with E-state index in [0.717, 1.165) is 31.4 Å². The van der Waals surface area contributed by atoms with Crippen molar-refractivity contribution in [2.24, 2.45) is 17.8 Å². The third-order valence-electron chi connectivity index (χ3n) is 8.64. The van der Waals surface area contributed by atoms with Crippen LogP contribution in [0.15, 0.2) is 60.8 Å². The van der Waals surface area contributed by atoms with E-state index in [4.69, 9.17) is 9.84 Å². The molecule has 3 aromatic rings. The minimum atomic E-state index is -0.455. The summed E-state index contributed by atoms with van der Waals surface area (Å²) in [7, 11) is 0. The number of ether oxygens (including phenoxy) is 1. The number of nitrogens with zero attached hydrogens (tertiary/aromatic N) is 3. The van der Waals surface area contributed by atoms with Gasteiger partial charge < -0.3 is 4.74 Å². The monoisotopic (exact) mass is 527 g/mol. The Hall–Kier alpha value is -3.41. The molecule has 206 valence electrons. The van der Waals surface area contributed by atoms with Crippen LogP contribution < -0.4 is 4.90 Å². The number of benzene rings is 2. The van der Waals surface area contributed by atoms with E-state index in [0.29, 0.717) is 35.1 Å². The van der Waals surface area contributed by atoms with Crippen molar-refractivity contribution >= 4 is 17.7 Å². The normalized spacial score (nSPS) is 24.4. The van der Waals surface area contributed by atoms with Gasteiger partial charge in [-0.05, 0) is 93.4 Å². The Bertz CT molecular complexity index is 1290. The molecule has 3 atom stereocenters. The van der Waals surface area contributed by atoms with Gasteiger partial charge >= 0.3 is 5.97 Å². The number of rotatable bonds is 8. The van der Waals surface area contributed by atoms with E-state index in [-0.39, 0.29) is 24.5 Å². The number of esters is 1. The van der Waals surface area contributed by atoms with Crippen LogP contribution in [0.3, 0.4) is 0 Å². The second-order valence-corrected chi connectivity index (χ2v) is 11.7. The molecule has 2 fully saturated rings. The molecule has 1 aromatic heterocycles. The van der Waals surface area contributed by atoms with Gasteiger partial charge in [0.1, 0.15) is 5.56 Å². The van der Waals surface area contributed by atoms with E-state index >= 15 is 0 Å². The Morgan fingerprint density at radius 2 is 1.56 bits per heavy atom. The van der Waals surface area contributed by atoms with E-state index in [1.807, 2.05) is 13.8 Å². The summed E-state index contributed by atoms with van der Waals surface area (Å²) >= 11 is 0. The SMILES string of the molecule is CCOC(=O)c1cn(-c2ccc(C3C(C)C3c3ccccc3)cc2)nc1N(C(=O)C1CCC(C)CC1)C(C)C. The predicted molar refractivity (Wildman–Crippen MR) is 154 cm³/mol. The molecule has 2 aliphatic rings. The van der Waals surface area contributed by atoms with Crippen LogP contribution in [0.4, 0.5) is 5.82 Å². The number of hydrogen-bond acceptors (Lipinski definition) is 4. The molecule has 5 rings (SSSR count). The fourth-order valence-corrected chi connectivity index (χ4v) is 6.34. The first-order valence-electron chi connectivity index (χ1n) is 14.5. The summed E-state index contributed by atoms with van der Waals surface area (Å²) in [4.78, 5) is 28.5. The molecular formula is C33H41N3O3. The molecule has 6 nitrogen and oxygen atoms in total. The Morgan fingerprint density at radius 3 is 2.15 bits per heavy atom. The zero-order valence-corrected chi connectivity index (χ0v) is 23.8. The van der Waals surface area contributed by atoms with Crippen molar-refractivity contribution in [1.29, 1.82) is 0 Å².